The van der Waals surface area contributed by atoms with Crippen LogP contribution in [0.3, 0.4) is 0 Å². The van der Waals surface area contributed by atoms with Gasteiger partial charge in [-0.1, -0.05) is 24.6 Å². The van der Waals surface area contributed by atoms with Gasteiger partial charge in [-0.15, -0.1) is 0 Å². The van der Waals surface area contributed by atoms with Gasteiger partial charge in [-0.05, 0) is 61.1 Å². The van der Waals surface area contributed by atoms with Crippen LogP contribution in [0.1, 0.15) is 30.6 Å². The van der Waals surface area contributed by atoms with Crippen molar-refractivity contribution in [3.8, 4) is 5.75 Å². The number of carbonyl (C=O) groups is 1. The Morgan fingerprint density at radius 2 is 1.92 bits per heavy atom. The van der Waals surface area contributed by atoms with E-state index in [1.54, 1.807) is 55.5 Å². The molecule has 0 aliphatic rings. The van der Waals surface area contributed by atoms with Crippen molar-refractivity contribution in [2.45, 2.75) is 20.3 Å². The van der Waals surface area contributed by atoms with Crippen LogP contribution in [0.4, 0.5) is 5.69 Å². The first-order chi connectivity index (χ1) is 12.5. The molecule has 2 aromatic carbocycles. The molecular weight excluding hydrogens is 393 g/mol. The van der Waals surface area contributed by atoms with E-state index >= 15 is 0 Å². The van der Waals surface area contributed by atoms with Crippen LogP contribution in [0.25, 0.3) is 0 Å². The number of carbonyl (C=O) groups excluding carboxylic acids is 1. The molecule has 0 aromatic heterocycles. The molecule has 0 bridgehead atoms. The number of amides is 1. The molecule has 0 saturated carbocycles. The second-order valence-corrected chi connectivity index (χ2v) is 9.83. The van der Waals surface area contributed by atoms with Crippen LogP contribution in [0, 0.1) is 0 Å². The van der Waals surface area contributed by atoms with Crippen molar-refractivity contribution in [1.29, 1.82) is 0 Å². The van der Waals surface area contributed by atoms with E-state index in [0.29, 0.717) is 34.4 Å². The lowest BCUT2D eigenvalue weighted by Gasteiger charge is -2.18. The van der Waals surface area contributed by atoms with E-state index in [2.05, 4.69) is 5.32 Å². The van der Waals surface area contributed by atoms with Crippen molar-refractivity contribution >= 4 is 41.4 Å². The molecule has 26 heavy (non-hydrogen) atoms. The highest BCUT2D eigenvalue weighted by Gasteiger charge is 2.26. The van der Waals surface area contributed by atoms with E-state index in [1.807, 2.05) is 6.92 Å². The van der Waals surface area contributed by atoms with Crippen LogP contribution < -0.4 is 9.84 Å². The van der Waals surface area contributed by atoms with Gasteiger partial charge in [0.15, 0.2) is 0 Å². The first-order valence-electron chi connectivity index (χ1n) is 8.21. The Hall–Kier alpha value is -1.46. The first kappa shape index (κ1) is 20.8. The summed E-state index contributed by atoms with van der Waals surface area (Å²) in [6.07, 6.45) is 0.863. The Morgan fingerprint density at radius 1 is 1.19 bits per heavy atom. The van der Waals surface area contributed by atoms with Gasteiger partial charge in [-0.3, -0.25) is 9.32 Å². The smallest absolute Gasteiger partial charge is 0.417 e. The monoisotopic (exact) mass is 413 g/mol. The molecule has 2 rings (SSSR count). The zero-order valence-electron chi connectivity index (χ0n) is 14.6. The van der Waals surface area contributed by atoms with Crippen molar-refractivity contribution in [2.24, 2.45) is 0 Å². The second-order valence-electron chi connectivity index (χ2n) is 5.28. The second kappa shape index (κ2) is 10.0. The van der Waals surface area contributed by atoms with Gasteiger partial charge in [0.05, 0.1) is 6.61 Å². The summed E-state index contributed by atoms with van der Waals surface area (Å²) in [5.74, 6) is 0.774. The largest absolute Gasteiger partial charge is 0.440 e. The van der Waals surface area contributed by atoms with Crippen molar-refractivity contribution in [3.05, 3.63) is 59.1 Å². The molecule has 0 fully saturated rings. The minimum absolute atomic E-state index is 0.271. The number of halogens is 1. The maximum Gasteiger partial charge on any atom is 0.440 e. The lowest BCUT2D eigenvalue weighted by atomic mass is 10.2. The Labute approximate surface area is 162 Å². The van der Waals surface area contributed by atoms with Crippen LogP contribution in [0.15, 0.2) is 48.5 Å². The van der Waals surface area contributed by atoms with E-state index in [4.69, 9.17) is 20.6 Å². The number of rotatable bonds is 9. The molecule has 140 valence electrons. The van der Waals surface area contributed by atoms with Gasteiger partial charge in [0, 0.05) is 28.1 Å². The van der Waals surface area contributed by atoms with Crippen molar-refractivity contribution in [2.75, 3.05) is 17.7 Å². The molecule has 0 saturated heterocycles. The molecule has 0 spiro atoms. The van der Waals surface area contributed by atoms with Gasteiger partial charge >= 0.3 is 6.80 Å². The average Bonchev–Trinajstić information content (AvgIpc) is 2.61. The van der Waals surface area contributed by atoms with E-state index < -0.39 is 6.80 Å². The van der Waals surface area contributed by atoms with Crippen molar-refractivity contribution in [1.82, 2.24) is 0 Å². The summed E-state index contributed by atoms with van der Waals surface area (Å²) in [6, 6.07) is 13.3. The number of benzene rings is 2. The molecule has 0 aliphatic carbocycles. The molecule has 0 aliphatic heterocycles. The number of hydrogen-bond donors (Lipinski definition) is 1. The summed E-state index contributed by atoms with van der Waals surface area (Å²) in [5.41, 5.74) is 1.02. The maximum absolute atomic E-state index is 12.7. The molecule has 0 radical (unpaired) electrons. The fourth-order valence-electron chi connectivity index (χ4n) is 2.02. The standard InChI is InChI=1S/C18H21ClNO4PS/c1-3-12-26-25(22,23-4-2)24-17-7-5-6-16(13-17)20-18(21)14-8-10-15(19)11-9-14/h5-11,13H,3-4,12H2,1-2H3,(H,20,21). The first-order valence-corrected chi connectivity index (χ1v) is 11.7. The van der Waals surface area contributed by atoms with Gasteiger partial charge in [0.25, 0.3) is 5.91 Å². The van der Waals surface area contributed by atoms with Crippen LogP contribution in [-0.4, -0.2) is 18.3 Å². The Bertz CT molecular complexity index is 785. The highest BCUT2D eigenvalue weighted by atomic mass is 35.5. The highest BCUT2D eigenvalue weighted by Crippen LogP contribution is 2.60. The molecule has 8 heteroatoms. The Morgan fingerprint density at radius 3 is 2.58 bits per heavy atom. The maximum atomic E-state index is 12.7. The molecular formula is C18H21ClNO4PS. The summed E-state index contributed by atoms with van der Waals surface area (Å²) in [4.78, 5) is 12.3. The minimum atomic E-state index is -3.29. The lowest BCUT2D eigenvalue weighted by Crippen LogP contribution is -2.11. The van der Waals surface area contributed by atoms with Gasteiger partial charge in [0.1, 0.15) is 5.75 Å². The third kappa shape index (κ3) is 6.36. The zero-order chi connectivity index (χ0) is 19.0. The lowest BCUT2D eigenvalue weighted by molar-refractivity contribution is 0.102. The van der Waals surface area contributed by atoms with Gasteiger partial charge < -0.3 is 9.84 Å². The van der Waals surface area contributed by atoms with Crippen LogP contribution in [0.5, 0.6) is 5.75 Å². The van der Waals surface area contributed by atoms with E-state index in [0.717, 1.165) is 6.42 Å². The molecule has 0 heterocycles. The summed E-state index contributed by atoms with van der Waals surface area (Å²) < 4.78 is 23.7. The predicted molar refractivity (Wildman–Crippen MR) is 108 cm³/mol. The number of anilines is 1. The topological polar surface area (TPSA) is 64.6 Å². The van der Waals surface area contributed by atoms with Crippen molar-refractivity contribution in [3.63, 3.8) is 0 Å². The van der Waals surface area contributed by atoms with E-state index in [-0.39, 0.29) is 5.91 Å². The molecule has 1 N–H and O–H groups in total. The molecule has 2 aromatic rings. The minimum Gasteiger partial charge on any atom is -0.417 e. The van der Waals surface area contributed by atoms with Crippen molar-refractivity contribution < 1.29 is 18.4 Å². The summed E-state index contributed by atoms with van der Waals surface area (Å²) in [7, 11) is 0. The quantitative estimate of drug-likeness (QED) is 0.491. The third-order valence-electron chi connectivity index (χ3n) is 3.16. The number of hydrogen-bond acceptors (Lipinski definition) is 5. The van der Waals surface area contributed by atoms with E-state index in [1.165, 1.54) is 11.4 Å². The van der Waals surface area contributed by atoms with Crippen LogP contribution in [0.2, 0.25) is 5.02 Å². The van der Waals surface area contributed by atoms with Gasteiger partial charge in [-0.2, -0.15) is 0 Å². The SMILES string of the molecule is CCCSP(=O)(OCC)Oc1cccc(NC(=O)c2ccc(Cl)cc2)c1. The van der Waals surface area contributed by atoms with Crippen LogP contribution in [-0.2, 0) is 9.09 Å². The van der Waals surface area contributed by atoms with Crippen LogP contribution >= 0.6 is 29.8 Å². The summed E-state index contributed by atoms with van der Waals surface area (Å²) >= 11 is 7.00. The Balaban J connectivity index is 2.10. The fraction of sp³-hybridized carbons (Fsp3) is 0.278. The summed E-state index contributed by atoms with van der Waals surface area (Å²) in [5, 5.41) is 3.34. The molecule has 1 amide bonds. The molecule has 1 unspecified atom stereocenters. The number of nitrogens with one attached hydrogen (secondary N) is 1. The fourth-order valence-corrected chi connectivity index (χ4v) is 5.59. The van der Waals surface area contributed by atoms with E-state index in [9.17, 15) is 9.36 Å². The zero-order valence-corrected chi connectivity index (χ0v) is 17.1. The summed E-state index contributed by atoms with van der Waals surface area (Å²) in [6.45, 7) is 0.772. The molecule has 1 atom stereocenters. The highest BCUT2D eigenvalue weighted by molar-refractivity contribution is 8.55. The average molecular weight is 414 g/mol. The predicted octanol–water partition coefficient (Wildman–Crippen LogP) is 6.26. The normalized spacial score (nSPS) is 13.0. The Kier molecular flexibility index (Phi) is 8.04. The van der Waals surface area contributed by atoms with Gasteiger partial charge in [0.2, 0.25) is 0 Å². The molecule has 5 nitrogen and oxygen atoms in total. The van der Waals surface area contributed by atoms with Gasteiger partial charge in [-0.25, -0.2) is 4.57 Å². The third-order valence-corrected chi connectivity index (χ3v) is 7.36.